The van der Waals surface area contributed by atoms with E-state index in [1.807, 2.05) is 39.0 Å². The molecule has 3 nitrogen and oxygen atoms in total. The van der Waals surface area contributed by atoms with E-state index < -0.39 is 5.60 Å². The van der Waals surface area contributed by atoms with Crippen molar-refractivity contribution in [1.82, 2.24) is 4.90 Å². The third-order valence-corrected chi connectivity index (χ3v) is 6.56. The summed E-state index contributed by atoms with van der Waals surface area (Å²) >= 11 is 14.9. The molecule has 1 atom stereocenters. The van der Waals surface area contributed by atoms with Gasteiger partial charge in [-0.2, -0.15) is 0 Å². The van der Waals surface area contributed by atoms with Gasteiger partial charge in [0.05, 0.1) is 13.6 Å². The Hall–Kier alpha value is -0.560. The lowest BCUT2D eigenvalue weighted by Crippen LogP contribution is -2.43. The van der Waals surface area contributed by atoms with Gasteiger partial charge in [-0.25, -0.2) is 4.79 Å². The van der Waals surface area contributed by atoms with Gasteiger partial charge in [0.2, 0.25) is 0 Å². The molecular formula is C18H18Br2ClNO2S. The van der Waals surface area contributed by atoms with Gasteiger partial charge in [-0.1, -0.05) is 17.7 Å². The summed E-state index contributed by atoms with van der Waals surface area (Å²) in [5.41, 5.74) is 2.78. The van der Waals surface area contributed by atoms with E-state index in [2.05, 4.69) is 37.9 Å². The Morgan fingerprint density at radius 2 is 2.00 bits per heavy atom. The normalized spacial score (nSPS) is 17.4. The van der Waals surface area contributed by atoms with E-state index >= 15 is 0 Å². The lowest BCUT2D eigenvalue weighted by atomic mass is 9.89. The molecule has 0 saturated heterocycles. The highest BCUT2D eigenvalue weighted by atomic mass is 79.9. The van der Waals surface area contributed by atoms with E-state index in [9.17, 15) is 4.79 Å². The Bertz CT molecular complexity index is 816. The van der Waals surface area contributed by atoms with Crippen molar-refractivity contribution in [3.05, 3.63) is 53.6 Å². The first-order valence-corrected chi connectivity index (χ1v) is 10.7. The number of fused-ring (bicyclic) bond motifs is 1. The maximum atomic E-state index is 12.8. The zero-order chi connectivity index (χ0) is 18.4. The zero-order valence-electron chi connectivity index (χ0n) is 14.1. The molecule has 0 fully saturated rings. The fourth-order valence-electron chi connectivity index (χ4n) is 2.99. The number of amides is 1. The average molecular weight is 508 g/mol. The second-order valence-electron chi connectivity index (χ2n) is 6.95. The van der Waals surface area contributed by atoms with Gasteiger partial charge in [0.25, 0.3) is 0 Å². The van der Waals surface area contributed by atoms with Crippen LogP contribution in [0.5, 0.6) is 0 Å². The number of carbonyl (C=O) groups excluding carboxylic acids is 1. The van der Waals surface area contributed by atoms with E-state index in [0.29, 0.717) is 11.6 Å². The van der Waals surface area contributed by atoms with E-state index in [0.717, 1.165) is 25.1 Å². The lowest BCUT2D eigenvalue weighted by Gasteiger charge is -2.38. The van der Waals surface area contributed by atoms with Gasteiger partial charge in [0.15, 0.2) is 0 Å². The van der Waals surface area contributed by atoms with Gasteiger partial charge in [-0.3, -0.25) is 4.90 Å². The Morgan fingerprint density at radius 3 is 2.60 bits per heavy atom. The van der Waals surface area contributed by atoms with Crippen LogP contribution in [0.1, 0.15) is 43.5 Å². The summed E-state index contributed by atoms with van der Waals surface area (Å²) in [6.07, 6.45) is 0.460. The predicted molar refractivity (Wildman–Crippen MR) is 110 cm³/mol. The molecule has 2 aromatic rings. The molecule has 7 heteroatoms. The third kappa shape index (κ3) is 4.24. The van der Waals surface area contributed by atoms with Crippen molar-refractivity contribution in [3.8, 4) is 0 Å². The Kier molecular flexibility index (Phi) is 5.55. The van der Waals surface area contributed by atoms with E-state index in [1.165, 1.54) is 5.56 Å². The Balaban J connectivity index is 2.08. The van der Waals surface area contributed by atoms with Gasteiger partial charge in [-0.15, -0.1) is 11.3 Å². The van der Waals surface area contributed by atoms with Gasteiger partial charge in [0.1, 0.15) is 5.60 Å². The molecule has 25 heavy (non-hydrogen) atoms. The molecule has 0 spiro atoms. The minimum atomic E-state index is -0.533. The van der Waals surface area contributed by atoms with Gasteiger partial charge >= 0.3 is 6.09 Å². The summed E-state index contributed by atoms with van der Waals surface area (Å²) in [5, 5.41) is 0.716. The van der Waals surface area contributed by atoms with E-state index in [4.69, 9.17) is 16.3 Å². The number of rotatable bonds is 1. The second kappa shape index (κ2) is 7.22. The number of nitrogens with zero attached hydrogens (tertiary/aromatic N) is 1. The van der Waals surface area contributed by atoms with E-state index in [1.54, 1.807) is 16.2 Å². The monoisotopic (exact) mass is 505 g/mol. The molecule has 1 aromatic carbocycles. The quantitative estimate of drug-likeness (QED) is 0.424. The van der Waals surface area contributed by atoms with Crippen molar-refractivity contribution < 1.29 is 9.53 Å². The van der Waals surface area contributed by atoms with Crippen LogP contribution in [0, 0.1) is 0 Å². The van der Waals surface area contributed by atoms with Crippen LogP contribution in [0.4, 0.5) is 4.79 Å². The molecular weight excluding hydrogens is 490 g/mol. The molecule has 0 bridgehead atoms. The third-order valence-electron chi connectivity index (χ3n) is 3.94. The minimum Gasteiger partial charge on any atom is -0.444 e. The molecule has 134 valence electrons. The number of hydrogen-bond donors (Lipinski definition) is 0. The Morgan fingerprint density at radius 1 is 1.28 bits per heavy atom. The highest BCUT2D eigenvalue weighted by molar-refractivity contribution is 9.12. The standard InChI is InChI=1S/C18H18Br2ClNO2S/c1-18(2,3)24-17(23)22-7-6-10-8-11(21)4-5-12(10)15(22)13-9-14(19)25-16(13)20/h4-5,8-9,15H,6-7H2,1-3H3. The maximum absolute atomic E-state index is 12.8. The summed E-state index contributed by atoms with van der Waals surface area (Å²) in [7, 11) is 0. The first kappa shape index (κ1) is 19.2. The van der Waals surface area contributed by atoms with Crippen molar-refractivity contribution >= 4 is 60.9 Å². The lowest BCUT2D eigenvalue weighted by molar-refractivity contribution is 0.0178. The fraction of sp³-hybridized carbons (Fsp3) is 0.389. The van der Waals surface area contributed by atoms with Crippen LogP contribution in [0.2, 0.25) is 5.02 Å². The molecule has 1 aromatic heterocycles. The van der Waals surface area contributed by atoms with Crippen LogP contribution in [0.25, 0.3) is 0 Å². The fourth-order valence-corrected chi connectivity index (χ4v) is 6.07. The highest BCUT2D eigenvalue weighted by Crippen LogP contribution is 2.44. The van der Waals surface area contributed by atoms with Crippen LogP contribution in [0.15, 0.2) is 31.8 Å². The summed E-state index contributed by atoms with van der Waals surface area (Å²) in [6, 6.07) is 7.73. The summed E-state index contributed by atoms with van der Waals surface area (Å²) in [4.78, 5) is 14.7. The van der Waals surface area contributed by atoms with Crippen molar-refractivity contribution in [3.63, 3.8) is 0 Å². The number of benzene rings is 1. The molecule has 3 rings (SSSR count). The van der Waals surface area contributed by atoms with Gasteiger partial charge < -0.3 is 4.74 Å². The smallest absolute Gasteiger partial charge is 0.411 e. The maximum Gasteiger partial charge on any atom is 0.411 e. The number of halogens is 3. The van der Waals surface area contributed by atoms with Crippen LogP contribution in [-0.4, -0.2) is 23.1 Å². The summed E-state index contributed by atoms with van der Waals surface area (Å²) in [6.45, 7) is 6.24. The van der Waals surface area contributed by atoms with Crippen LogP contribution in [0.3, 0.4) is 0 Å². The van der Waals surface area contributed by atoms with Crippen molar-refractivity contribution in [2.75, 3.05) is 6.54 Å². The first-order chi connectivity index (χ1) is 11.7. The molecule has 0 radical (unpaired) electrons. The zero-order valence-corrected chi connectivity index (χ0v) is 18.9. The number of hydrogen-bond acceptors (Lipinski definition) is 3. The molecule has 0 aliphatic carbocycles. The number of carbonyl (C=O) groups is 1. The van der Waals surface area contributed by atoms with Gasteiger partial charge in [-0.05, 0) is 88.4 Å². The average Bonchev–Trinajstić information content (AvgIpc) is 2.82. The van der Waals surface area contributed by atoms with Crippen LogP contribution < -0.4 is 0 Å². The van der Waals surface area contributed by atoms with Crippen molar-refractivity contribution in [2.45, 2.75) is 38.8 Å². The SMILES string of the molecule is CC(C)(C)OC(=O)N1CCc2cc(Cl)ccc2C1c1cc(Br)sc1Br. The minimum absolute atomic E-state index is 0.201. The number of thiophene rings is 1. The predicted octanol–water partition coefficient (Wildman–Crippen LogP) is 6.81. The summed E-state index contributed by atoms with van der Waals surface area (Å²) in [5.74, 6) is 0. The van der Waals surface area contributed by atoms with Crippen LogP contribution in [-0.2, 0) is 11.2 Å². The molecule has 1 unspecified atom stereocenters. The highest BCUT2D eigenvalue weighted by Gasteiger charge is 2.36. The van der Waals surface area contributed by atoms with Crippen molar-refractivity contribution in [2.24, 2.45) is 0 Å². The largest absolute Gasteiger partial charge is 0.444 e. The number of ether oxygens (including phenoxy) is 1. The van der Waals surface area contributed by atoms with Gasteiger partial charge in [0, 0.05) is 17.1 Å². The molecule has 0 N–H and O–H groups in total. The van der Waals surface area contributed by atoms with E-state index in [-0.39, 0.29) is 12.1 Å². The first-order valence-electron chi connectivity index (χ1n) is 7.88. The second-order valence-corrected chi connectivity index (χ2v) is 11.1. The molecule has 1 aliphatic heterocycles. The molecule has 1 aliphatic rings. The molecule has 1 amide bonds. The molecule has 2 heterocycles. The summed E-state index contributed by atoms with van der Waals surface area (Å²) < 4.78 is 7.67. The van der Waals surface area contributed by atoms with Crippen LogP contribution >= 0.6 is 54.8 Å². The Labute approximate surface area is 173 Å². The van der Waals surface area contributed by atoms with Crippen molar-refractivity contribution in [1.29, 1.82) is 0 Å². The molecule has 0 saturated carbocycles. The topological polar surface area (TPSA) is 29.5 Å².